The number of carbonyl (C=O) groups is 1. The van der Waals surface area contributed by atoms with Crippen LogP contribution in [0.4, 0.5) is 0 Å². The summed E-state index contributed by atoms with van der Waals surface area (Å²) < 4.78 is 10.3. The molecule has 0 radical (unpaired) electrons. The number of hydrogen-bond donors (Lipinski definition) is 1. The maximum Gasteiger partial charge on any atom is 0.328 e. The number of benzene rings is 1. The van der Waals surface area contributed by atoms with Gasteiger partial charge in [0.05, 0.1) is 20.3 Å². The van der Waals surface area contributed by atoms with Crippen molar-refractivity contribution in [2.75, 3.05) is 13.7 Å². The van der Waals surface area contributed by atoms with E-state index in [0.717, 1.165) is 17.4 Å². The maximum atomic E-state index is 10.1. The van der Waals surface area contributed by atoms with Gasteiger partial charge in [0.15, 0.2) is 0 Å². The highest BCUT2D eigenvalue weighted by Gasteiger charge is 1.94. The average Bonchev–Trinajstić information content (AvgIpc) is 2.29. The lowest BCUT2D eigenvalue weighted by Crippen LogP contribution is -1.94. The van der Waals surface area contributed by atoms with E-state index >= 15 is 0 Å². The summed E-state index contributed by atoms with van der Waals surface area (Å²) in [6.45, 7) is 0.742. The first-order valence-electron chi connectivity index (χ1n) is 4.82. The van der Waals surface area contributed by atoms with E-state index in [0.29, 0.717) is 13.2 Å². The fourth-order valence-corrected chi connectivity index (χ4v) is 1.12. The van der Waals surface area contributed by atoms with Gasteiger partial charge in [-0.1, -0.05) is 18.2 Å². The fraction of sp³-hybridized carbons (Fsp3) is 0.250. The van der Waals surface area contributed by atoms with Gasteiger partial charge in [-0.25, -0.2) is 4.79 Å². The lowest BCUT2D eigenvalue weighted by Gasteiger charge is -2.03. The van der Waals surface area contributed by atoms with Crippen molar-refractivity contribution >= 4 is 5.97 Å². The Labute approximate surface area is 94.1 Å². The van der Waals surface area contributed by atoms with Gasteiger partial charge in [-0.2, -0.15) is 0 Å². The summed E-state index contributed by atoms with van der Waals surface area (Å²) in [6, 6.07) is 7.51. The fourth-order valence-electron chi connectivity index (χ4n) is 1.12. The van der Waals surface area contributed by atoms with Crippen molar-refractivity contribution in [2.45, 2.75) is 6.61 Å². The van der Waals surface area contributed by atoms with Crippen LogP contribution in [0.15, 0.2) is 36.4 Å². The molecule has 0 bridgehead atoms. The molecule has 1 N–H and O–H groups in total. The van der Waals surface area contributed by atoms with E-state index in [4.69, 9.17) is 14.6 Å². The molecule has 4 nitrogen and oxygen atoms in total. The van der Waals surface area contributed by atoms with Gasteiger partial charge in [0.1, 0.15) is 5.75 Å². The molecular formula is C12H14O4. The molecule has 4 heteroatoms. The highest BCUT2D eigenvalue weighted by molar-refractivity contribution is 5.79. The minimum Gasteiger partial charge on any atom is -0.497 e. The van der Waals surface area contributed by atoms with Crippen LogP contribution in [0.1, 0.15) is 5.56 Å². The maximum absolute atomic E-state index is 10.1. The first kappa shape index (κ1) is 12.3. The van der Waals surface area contributed by atoms with Gasteiger partial charge >= 0.3 is 5.97 Å². The van der Waals surface area contributed by atoms with Crippen molar-refractivity contribution in [3.05, 3.63) is 42.0 Å². The summed E-state index contributed by atoms with van der Waals surface area (Å²) in [6.07, 6.45) is 2.53. The summed E-state index contributed by atoms with van der Waals surface area (Å²) in [5, 5.41) is 8.33. The molecule has 0 spiro atoms. The second kappa shape index (κ2) is 6.63. The largest absolute Gasteiger partial charge is 0.497 e. The molecule has 1 aromatic rings. The Kier molecular flexibility index (Phi) is 5.08. The summed E-state index contributed by atoms with van der Waals surface area (Å²) in [5.41, 5.74) is 1.02. The summed E-state index contributed by atoms with van der Waals surface area (Å²) in [5.74, 6) is -0.164. The smallest absolute Gasteiger partial charge is 0.328 e. The second-order valence-corrected chi connectivity index (χ2v) is 3.10. The minimum atomic E-state index is -0.965. The lowest BCUT2D eigenvalue weighted by molar-refractivity contribution is -0.131. The predicted octanol–water partition coefficient (Wildman–Crippen LogP) is 1.85. The summed E-state index contributed by atoms with van der Waals surface area (Å²) in [4.78, 5) is 10.1. The normalized spacial score (nSPS) is 10.6. The number of carboxylic acid groups (broad SMARTS) is 1. The van der Waals surface area contributed by atoms with E-state index in [1.54, 1.807) is 7.11 Å². The predicted molar refractivity (Wildman–Crippen MR) is 59.4 cm³/mol. The standard InChI is InChI=1S/C12H14O4/c1-15-11-6-4-10(5-7-11)9-16-8-2-3-12(13)14/h2-7H,8-9H2,1H3,(H,13,14). The SMILES string of the molecule is COc1ccc(COCC=CC(=O)O)cc1. The van der Waals surface area contributed by atoms with Crippen LogP contribution in [0.3, 0.4) is 0 Å². The van der Waals surface area contributed by atoms with Gasteiger partial charge in [-0.3, -0.25) is 0 Å². The number of hydrogen-bond acceptors (Lipinski definition) is 3. The Morgan fingerprint density at radius 2 is 2.06 bits per heavy atom. The van der Waals surface area contributed by atoms with Crippen LogP contribution < -0.4 is 4.74 Å². The first-order valence-corrected chi connectivity index (χ1v) is 4.82. The zero-order valence-corrected chi connectivity index (χ0v) is 9.05. The third kappa shape index (κ3) is 4.61. The average molecular weight is 222 g/mol. The Morgan fingerprint density at radius 3 is 2.62 bits per heavy atom. The van der Waals surface area contributed by atoms with E-state index in [9.17, 15) is 4.79 Å². The number of carboxylic acids is 1. The molecule has 0 atom stereocenters. The van der Waals surface area contributed by atoms with Crippen molar-refractivity contribution in [1.82, 2.24) is 0 Å². The molecule has 0 fully saturated rings. The molecule has 0 saturated carbocycles. The highest BCUT2D eigenvalue weighted by atomic mass is 16.5. The van der Waals surface area contributed by atoms with Gasteiger partial charge in [-0.05, 0) is 17.7 Å². The molecule has 0 heterocycles. The number of ether oxygens (including phenoxy) is 2. The Bertz CT molecular complexity index is 354. The third-order valence-electron chi connectivity index (χ3n) is 1.90. The number of rotatable bonds is 6. The van der Waals surface area contributed by atoms with E-state index in [2.05, 4.69) is 0 Å². The Morgan fingerprint density at radius 1 is 1.38 bits per heavy atom. The van der Waals surface area contributed by atoms with Crippen LogP contribution in [0.25, 0.3) is 0 Å². The second-order valence-electron chi connectivity index (χ2n) is 3.10. The molecule has 86 valence electrons. The van der Waals surface area contributed by atoms with E-state index in [1.165, 1.54) is 6.08 Å². The Balaban J connectivity index is 2.29. The van der Waals surface area contributed by atoms with Crippen molar-refractivity contribution in [1.29, 1.82) is 0 Å². The van der Waals surface area contributed by atoms with E-state index in [1.807, 2.05) is 24.3 Å². The van der Waals surface area contributed by atoms with Crippen LogP contribution in [0.2, 0.25) is 0 Å². The van der Waals surface area contributed by atoms with Crippen LogP contribution in [-0.2, 0) is 16.1 Å². The molecule has 0 aliphatic carbocycles. The minimum absolute atomic E-state index is 0.290. The molecule has 0 aliphatic heterocycles. The molecule has 0 amide bonds. The molecule has 0 aromatic heterocycles. The van der Waals surface area contributed by atoms with E-state index in [-0.39, 0.29) is 0 Å². The van der Waals surface area contributed by atoms with Crippen molar-refractivity contribution in [2.24, 2.45) is 0 Å². The van der Waals surface area contributed by atoms with Crippen LogP contribution >= 0.6 is 0 Å². The van der Waals surface area contributed by atoms with Crippen molar-refractivity contribution < 1.29 is 19.4 Å². The number of aliphatic carboxylic acids is 1. The van der Waals surface area contributed by atoms with Gasteiger partial charge in [0.25, 0.3) is 0 Å². The van der Waals surface area contributed by atoms with Gasteiger partial charge in [0, 0.05) is 6.08 Å². The quantitative estimate of drug-likeness (QED) is 0.589. The number of methoxy groups -OCH3 is 1. The van der Waals surface area contributed by atoms with Crippen LogP contribution in [-0.4, -0.2) is 24.8 Å². The molecule has 0 unspecified atom stereocenters. The van der Waals surface area contributed by atoms with Crippen LogP contribution in [0.5, 0.6) is 5.75 Å². The first-order chi connectivity index (χ1) is 7.72. The molecule has 0 aliphatic rings. The molecular weight excluding hydrogens is 208 g/mol. The van der Waals surface area contributed by atoms with Gasteiger partial charge < -0.3 is 14.6 Å². The van der Waals surface area contributed by atoms with E-state index < -0.39 is 5.97 Å². The highest BCUT2D eigenvalue weighted by Crippen LogP contribution is 2.11. The molecule has 1 rings (SSSR count). The zero-order valence-electron chi connectivity index (χ0n) is 9.05. The monoisotopic (exact) mass is 222 g/mol. The van der Waals surface area contributed by atoms with Crippen molar-refractivity contribution in [3.8, 4) is 5.75 Å². The molecule has 1 aromatic carbocycles. The molecule has 16 heavy (non-hydrogen) atoms. The third-order valence-corrected chi connectivity index (χ3v) is 1.90. The summed E-state index contributed by atoms with van der Waals surface area (Å²) in [7, 11) is 1.61. The van der Waals surface area contributed by atoms with Gasteiger partial charge in [-0.15, -0.1) is 0 Å². The zero-order chi connectivity index (χ0) is 11.8. The summed E-state index contributed by atoms with van der Waals surface area (Å²) >= 11 is 0. The van der Waals surface area contributed by atoms with Crippen molar-refractivity contribution in [3.63, 3.8) is 0 Å². The van der Waals surface area contributed by atoms with Crippen LogP contribution in [0, 0.1) is 0 Å². The molecule has 0 saturated heterocycles. The topological polar surface area (TPSA) is 55.8 Å². The Hall–Kier alpha value is -1.81. The lowest BCUT2D eigenvalue weighted by atomic mass is 10.2. The van der Waals surface area contributed by atoms with Gasteiger partial charge in [0.2, 0.25) is 0 Å².